The van der Waals surface area contributed by atoms with E-state index >= 15 is 0 Å². The van der Waals surface area contributed by atoms with Gasteiger partial charge in [-0.05, 0) is 36.8 Å². The van der Waals surface area contributed by atoms with Crippen molar-refractivity contribution in [1.82, 2.24) is 10.6 Å². The molecule has 1 saturated heterocycles. The fourth-order valence-corrected chi connectivity index (χ4v) is 2.94. The molecule has 0 aromatic heterocycles. The van der Waals surface area contributed by atoms with Gasteiger partial charge in [0.25, 0.3) is 11.8 Å². The molecule has 1 aliphatic rings. The van der Waals surface area contributed by atoms with Gasteiger partial charge in [0.15, 0.2) is 0 Å². The summed E-state index contributed by atoms with van der Waals surface area (Å²) in [5.74, 6) is -0.424. The molecule has 1 fully saturated rings. The number of aryl methyl sites for hydroxylation is 1. The lowest BCUT2D eigenvalue weighted by Gasteiger charge is -2.15. The molecule has 2 unspecified atom stereocenters. The second-order valence-electron chi connectivity index (χ2n) is 6.55. The lowest BCUT2D eigenvalue weighted by atomic mass is 10.1. The lowest BCUT2D eigenvalue weighted by Crippen LogP contribution is -2.34. The quantitative estimate of drug-likeness (QED) is 0.629. The number of β-amino-alcohol motifs (C(OH)–C–C–N with tert-alkyl or cyclic N) is 1. The van der Waals surface area contributed by atoms with Gasteiger partial charge in [0.1, 0.15) is 0 Å². The Hall–Kier alpha value is -2.41. The first-order chi connectivity index (χ1) is 12.5. The molecule has 2 amide bonds. The van der Waals surface area contributed by atoms with E-state index < -0.39 is 6.10 Å². The molecule has 6 nitrogen and oxygen atoms in total. The molecule has 3 rings (SSSR count). The highest BCUT2D eigenvalue weighted by Crippen LogP contribution is 2.18. The van der Waals surface area contributed by atoms with Crippen LogP contribution in [-0.2, 0) is 0 Å². The Morgan fingerprint density at radius 1 is 1.07 bits per heavy atom. The van der Waals surface area contributed by atoms with Crippen molar-refractivity contribution in [3.8, 4) is 0 Å². The van der Waals surface area contributed by atoms with E-state index in [9.17, 15) is 14.7 Å². The summed E-state index contributed by atoms with van der Waals surface area (Å²) in [5, 5.41) is 18.6. The number of benzene rings is 2. The Morgan fingerprint density at radius 3 is 2.48 bits per heavy atom. The summed E-state index contributed by atoms with van der Waals surface area (Å²) in [5.41, 5.74) is 2.51. The maximum absolute atomic E-state index is 12.4. The Morgan fingerprint density at radius 2 is 1.81 bits per heavy atom. The predicted octanol–water partition coefficient (Wildman–Crippen LogP) is 1.98. The number of hydrogen-bond acceptors (Lipinski definition) is 4. The zero-order valence-electron chi connectivity index (χ0n) is 15.1. The van der Waals surface area contributed by atoms with Crippen LogP contribution in [0.15, 0.2) is 48.5 Å². The van der Waals surface area contributed by atoms with Crippen molar-refractivity contribution in [3.05, 3.63) is 65.2 Å². The van der Waals surface area contributed by atoms with Crippen LogP contribution in [0.1, 0.15) is 26.3 Å². The molecule has 4 N–H and O–H groups in total. The summed E-state index contributed by atoms with van der Waals surface area (Å²) < 4.78 is 0. The number of hydrogen-bond donors (Lipinski definition) is 4. The number of carbonyl (C=O) groups is 2. The molecule has 0 saturated carbocycles. The molecular weight excluding hydrogens is 366 g/mol. The van der Waals surface area contributed by atoms with E-state index in [0.29, 0.717) is 36.4 Å². The third-order valence-electron chi connectivity index (χ3n) is 4.61. The number of halogens is 1. The normalized spacial score (nSPS) is 18.4. The van der Waals surface area contributed by atoms with Gasteiger partial charge in [0, 0.05) is 42.4 Å². The van der Waals surface area contributed by atoms with E-state index in [1.165, 1.54) is 0 Å². The summed E-state index contributed by atoms with van der Waals surface area (Å²) in [6, 6.07) is 14.1. The molecule has 0 spiro atoms. The average molecular weight is 390 g/mol. The van der Waals surface area contributed by atoms with Crippen LogP contribution in [-0.4, -0.2) is 42.7 Å². The van der Waals surface area contributed by atoms with E-state index in [0.717, 1.165) is 5.56 Å². The van der Waals surface area contributed by atoms with Gasteiger partial charge in [0.05, 0.1) is 6.10 Å². The predicted molar refractivity (Wildman–Crippen MR) is 108 cm³/mol. The Labute approximate surface area is 164 Å². The van der Waals surface area contributed by atoms with Gasteiger partial charge in [0.2, 0.25) is 0 Å². The molecule has 27 heavy (non-hydrogen) atoms. The number of rotatable bonds is 5. The zero-order valence-corrected chi connectivity index (χ0v) is 15.9. The summed E-state index contributed by atoms with van der Waals surface area (Å²) in [6.45, 7) is 3.53. The standard InChI is InChI=1S/C20H23N3O3.ClH/c1-13-7-8-15(19(25)22-11-16-10-21-12-18(16)24)9-17(13)23-20(26)14-5-3-2-4-6-14;/h2-9,16,18,21,24H,10-12H2,1H3,(H,22,25)(H,23,26);1H. The van der Waals surface area contributed by atoms with E-state index in [2.05, 4.69) is 16.0 Å². The fourth-order valence-electron chi connectivity index (χ4n) is 2.94. The van der Waals surface area contributed by atoms with Crippen molar-refractivity contribution in [2.75, 3.05) is 25.0 Å². The van der Waals surface area contributed by atoms with E-state index in [1.807, 2.05) is 19.1 Å². The summed E-state index contributed by atoms with van der Waals surface area (Å²) in [7, 11) is 0. The third-order valence-corrected chi connectivity index (χ3v) is 4.61. The summed E-state index contributed by atoms with van der Waals surface area (Å²) in [4.78, 5) is 24.7. The maximum atomic E-state index is 12.4. The molecule has 1 aliphatic heterocycles. The maximum Gasteiger partial charge on any atom is 0.255 e. The van der Waals surface area contributed by atoms with Crippen molar-refractivity contribution in [3.63, 3.8) is 0 Å². The van der Waals surface area contributed by atoms with Gasteiger partial charge < -0.3 is 21.1 Å². The monoisotopic (exact) mass is 389 g/mol. The van der Waals surface area contributed by atoms with Gasteiger partial charge in [-0.25, -0.2) is 0 Å². The number of carbonyl (C=O) groups excluding carboxylic acids is 2. The number of aliphatic hydroxyl groups is 1. The molecular formula is C20H24ClN3O3. The average Bonchev–Trinajstić information content (AvgIpc) is 3.07. The Balaban J connectivity index is 0.00000261. The first-order valence-corrected chi connectivity index (χ1v) is 8.68. The highest BCUT2D eigenvalue weighted by Gasteiger charge is 2.25. The first kappa shape index (κ1) is 20.9. The molecule has 144 valence electrons. The van der Waals surface area contributed by atoms with Crippen LogP contribution in [0, 0.1) is 12.8 Å². The minimum atomic E-state index is -0.436. The second kappa shape index (κ2) is 9.50. The van der Waals surface area contributed by atoms with Crippen LogP contribution in [0.2, 0.25) is 0 Å². The third kappa shape index (κ3) is 5.29. The van der Waals surface area contributed by atoms with Gasteiger partial charge in [-0.3, -0.25) is 9.59 Å². The first-order valence-electron chi connectivity index (χ1n) is 8.68. The number of amides is 2. The SMILES string of the molecule is Cc1ccc(C(=O)NCC2CNCC2O)cc1NC(=O)c1ccccc1.Cl. The molecule has 7 heteroatoms. The number of nitrogens with one attached hydrogen (secondary N) is 3. The minimum absolute atomic E-state index is 0. The minimum Gasteiger partial charge on any atom is -0.391 e. The Bertz CT molecular complexity index is 798. The van der Waals surface area contributed by atoms with Crippen molar-refractivity contribution in [1.29, 1.82) is 0 Å². The fraction of sp³-hybridized carbons (Fsp3) is 0.300. The highest BCUT2D eigenvalue weighted by atomic mass is 35.5. The van der Waals surface area contributed by atoms with Crippen LogP contribution < -0.4 is 16.0 Å². The van der Waals surface area contributed by atoms with Crippen LogP contribution >= 0.6 is 12.4 Å². The summed E-state index contributed by atoms with van der Waals surface area (Å²) in [6.07, 6.45) is -0.436. The van der Waals surface area contributed by atoms with E-state index in [-0.39, 0.29) is 30.1 Å². The highest BCUT2D eigenvalue weighted by molar-refractivity contribution is 6.05. The molecule has 2 aromatic carbocycles. The number of anilines is 1. The zero-order chi connectivity index (χ0) is 18.5. The van der Waals surface area contributed by atoms with Crippen LogP contribution in [0.4, 0.5) is 5.69 Å². The second-order valence-corrected chi connectivity index (χ2v) is 6.55. The van der Waals surface area contributed by atoms with Crippen LogP contribution in [0.25, 0.3) is 0 Å². The molecule has 2 atom stereocenters. The van der Waals surface area contributed by atoms with E-state index in [4.69, 9.17) is 0 Å². The lowest BCUT2D eigenvalue weighted by molar-refractivity contribution is 0.0926. The molecule has 0 aliphatic carbocycles. The van der Waals surface area contributed by atoms with Crippen molar-refractivity contribution in [2.24, 2.45) is 5.92 Å². The molecule has 0 bridgehead atoms. The molecule has 2 aromatic rings. The summed E-state index contributed by atoms with van der Waals surface area (Å²) >= 11 is 0. The molecule has 1 heterocycles. The van der Waals surface area contributed by atoms with Crippen LogP contribution in [0.5, 0.6) is 0 Å². The Kier molecular flexibility index (Phi) is 7.36. The molecule has 0 radical (unpaired) electrons. The van der Waals surface area contributed by atoms with Crippen molar-refractivity contribution >= 4 is 29.9 Å². The van der Waals surface area contributed by atoms with Crippen LogP contribution in [0.3, 0.4) is 0 Å². The number of aliphatic hydroxyl groups excluding tert-OH is 1. The van der Waals surface area contributed by atoms with Gasteiger partial charge in [-0.2, -0.15) is 0 Å². The largest absolute Gasteiger partial charge is 0.391 e. The van der Waals surface area contributed by atoms with Gasteiger partial charge >= 0.3 is 0 Å². The van der Waals surface area contributed by atoms with Crippen molar-refractivity contribution < 1.29 is 14.7 Å². The topological polar surface area (TPSA) is 90.5 Å². The van der Waals surface area contributed by atoms with Gasteiger partial charge in [-0.15, -0.1) is 12.4 Å². The van der Waals surface area contributed by atoms with Gasteiger partial charge in [-0.1, -0.05) is 24.3 Å². The smallest absolute Gasteiger partial charge is 0.255 e. The van der Waals surface area contributed by atoms with Crippen molar-refractivity contribution in [2.45, 2.75) is 13.0 Å². The van der Waals surface area contributed by atoms with E-state index in [1.54, 1.807) is 36.4 Å².